The van der Waals surface area contributed by atoms with Gasteiger partial charge in [0, 0.05) is 19.2 Å². The molecule has 1 aliphatic rings. The van der Waals surface area contributed by atoms with Gasteiger partial charge in [0.1, 0.15) is 23.9 Å². The molecule has 1 N–H and O–H groups in total. The fraction of sp³-hybridized carbons (Fsp3) is 0.241. The highest BCUT2D eigenvalue weighted by molar-refractivity contribution is 6.46. The van der Waals surface area contributed by atoms with Crippen molar-refractivity contribution in [1.82, 2.24) is 4.90 Å². The number of aliphatic hydroxyl groups is 1. The Bertz CT molecular complexity index is 1260. The highest BCUT2D eigenvalue weighted by Gasteiger charge is 2.45. The summed E-state index contributed by atoms with van der Waals surface area (Å²) in [5, 5.41) is 11.2. The number of aliphatic hydroxyl groups excluding tert-OH is 1. The molecule has 1 atom stereocenters. The van der Waals surface area contributed by atoms with E-state index in [9.17, 15) is 14.7 Å². The lowest BCUT2D eigenvalue weighted by Crippen LogP contribution is -2.32. The summed E-state index contributed by atoms with van der Waals surface area (Å²) >= 11 is 0. The van der Waals surface area contributed by atoms with Crippen LogP contribution in [-0.4, -0.2) is 49.1 Å². The van der Waals surface area contributed by atoms with Gasteiger partial charge in [-0.05, 0) is 42.3 Å². The van der Waals surface area contributed by atoms with Crippen LogP contribution in [0.1, 0.15) is 28.3 Å². The molecule has 0 saturated carbocycles. The number of methoxy groups -OCH3 is 2. The van der Waals surface area contributed by atoms with Gasteiger partial charge in [0.2, 0.25) is 0 Å². The van der Waals surface area contributed by atoms with Crippen molar-refractivity contribution >= 4 is 17.4 Å². The van der Waals surface area contributed by atoms with E-state index in [1.54, 1.807) is 48.5 Å². The predicted molar refractivity (Wildman–Crippen MR) is 136 cm³/mol. The van der Waals surface area contributed by atoms with E-state index < -0.39 is 17.7 Å². The molecule has 7 nitrogen and oxygen atoms in total. The molecule has 1 amide bonds. The second kappa shape index (κ2) is 11.1. The second-order valence-corrected chi connectivity index (χ2v) is 8.56. The third-order valence-corrected chi connectivity index (χ3v) is 6.14. The van der Waals surface area contributed by atoms with Crippen molar-refractivity contribution in [3.63, 3.8) is 0 Å². The van der Waals surface area contributed by atoms with E-state index in [1.807, 2.05) is 31.2 Å². The summed E-state index contributed by atoms with van der Waals surface area (Å²) in [7, 11) is 3.05. The number of nitrogens with zero attached hydrogens (tertiary/aromatic N) is 1. The lowest BCUT2D eigenvalue weighted by molar-refractivity contribution is -0.140. The summed E-state index contributed by atoms with van der Waals surface area (Å²) in [5.41, 5.74) is 3.33. The van der Waals surface area contributed by atoms with E-state index in [4.69, 9.17) is 14.2 Å². The minimum atomic E-state index is -0.766. The topological polar surface area (TPSA) is 85.3 Å². The van der Waals surface area contributed by atoms with Gasteiger partial charge in [-0.3, -0.25) is 9.59 Å². The third kappa shape index (κ3) is 5.26. The summed E-state index contributed by atoms with van der Waals surface area (Å²) in [4.78, 5) is 27.4. The number of ketones is 1. The number of benzene rings is 3. The van der Waals surface area contributed by atoms with E-state index in [1.165, 1.54) is 24.7 Å². The minimum absolute atomic E-state index is 0.0256. The van der Waals surface area contributed by atoms with Crippen LogP contribution in [0.3, 0.4) is 0 Å². The number of rotatable bonds is 9. The number of carbonyl (C=O) groups excluding carboxylic acids is 2. The normalized spacial score (nSPS) is 16.9. The van der Waals surface area contributed by atoms with E-state index in [2.05, 4.69) is 0 Å². The zero-order chi connectivity index (χ0) is 25.7. The predicted octanol–water partition coefficient (Wildman–Crippen LogP) is 4.65. The van der Waals surface area contributed by atoms with Gasteiger partial charge >= 0.3 is 0 Å². The van der Waals surface area contributed by atoms with Gasteiger partial charge in [-0.1, -0.05) is 54.1 Å². The first kappa shape index (κ1) is 25.0. The molecule has 1 saturated heterocycles. The number of hydrogen-bond donors (Lipinski definition) is 1. The molecule has 3 aromatic carbocycles. The Hall–Kier alpha value is -4.10. The Morgan fingerprint density at radius 3 is 2.33 bits per heavy atom. The Kier molecular flexibility index (Phi) is 7.71. The molecule has 1 aliphatic heterocycles. The summed E-state index contributed by atoms with van der Waals surface area (Å²) in [6.45, 7) is 2.90. The van der Waals surface area contributed by atoms with Crippen LogP contribution < -0.4 is 9.47 Å². The van der Waals surface area contributed by atoms with Gasteiger partial charge in [-0.15, -0.1) is 0 Å². The van der Waals surface area contributed by atoms with Crippen molar-refractivity contribution in [3.05, 3.63) is 101 Å². The number of hydrogen-bond acceptors (Lipinski definition) is 6. The highest BCUT2D eigenvalue weighted by atomic mass is 16.5. The monoisotopic (exact) mass is 487 g/mol. The average molecular weight is 488 g/mol. The number of aryl methyl sites for hydroxylation is 1. The second-order valence-electron chi connectivity index (χ2n) is 8.56. The van der Waals surface area contributed by atoms with Gasteiger partial charge in [0.25, 0.3) is 11.7 Å². The van der Waals surface area contributed by atoms with Crippen LogP contribution in [-0.2, 0) is 20.9 Å². The van der Waals surface area contributed by atoms with Crippen LogP contribution in [0, 0.1) is 6.92 Å². The number of Topliss-reactive ketones (excluding diaryl/α,β-unsaturated/α-hetero) is 1. The average Bonchev–Trinajstić information content (AvgIpc) is 3.16. The molecule has 0 radical (unpaired) electrons. The molecular weight excluding hydrogens is 458 g/mol. The van der Waals surface area contributed by atoms with Crippen LogP contribution in [0.4, 0.5) is 0 Å². The molecular formula is C29H29NO6. The number of carbonyl (C=O) groups is 2. The van der Waals surface area contributed by atoms with Crippen LogP contribution in [0.15, 0.2) is 78.4 Å². The number of amides is 1. The van der Waals surface area contributed by atoms with Crippen molar-refractivity contribution in [3.8, 4) is 11.5 Å². The zero-order valence-electron chi connectivity index (χ0n) is 20.6. The van der Waals surface area contributed by atoms with Crippen molar-refractivity contribution < 1.29 is 28.9 Å². The van der Waals surface area contributed by atoms with E-state index in [-0.39, 0.29) is 24.5 Å². The molecule has 3 aromatic rings. The molecule has 1 heterocycles. The maximum Gasteiger partial charge on any atom is 0.295 e. The highest BCUT2D eigenvalue weighted by Crippen LogP contribution is 2.40. The molecule has 1 unspecified atom stereocenters. The molecule has 186 valence electrons. The summed E-state index contributed by atoms with van der Waals surface area (Å²) in [6, 6.07) is 21.3. The SMILES string of the molecule is COCCN1C(=O)C(=O)/C(=C(\O)c2cccc(OC)c2)C1c1ccc(OCc2ccc(C)cc2)cc1. The van der Waals surface area contributed by atoms with Crippen molar-refractivity contribution in [2.24, 2.45) is 0 Å². The van der Waals surface area contributed by atoms with Crippen molar-refractivity contribution in [2.75, 3.05) is 27.4 Å². The van der Waals surface area contributed by atoms with E-state index in [0.29, 0.717) is 29.2 Å². The van der Waals surface area contributed by atoms with Gasteiger partial charge in [0.15, 0.2) is 0 Å². The Morgan fingerprint density at radius 1 is 0.944 bits per heavy atom. The molecule has 0 bridgehead atoms. The zero-order valence-corrected chi connectivity index (χ0v) is 20.6. The van der Waals surface area contributed by atoms with Crippen LogP contribution in [0.2, 0.25) is 0 Å². The molecule has 36 heavy (non-hydrogen) atoms. The van der Waals surface area contributed by atoms with E-state index in [0.717, 1.165) is 5.56 Å². The first-order valence-corrected chi connectivity index (χ1v) is 11.6. The van der Waals surface area contributed by atoms with Crippen LogP contribution in [0.5, 0.6) is 11.5 Å². The van der Waals surface area contributed by atoms with Crippen LogP contribution >= 0.6 is 0 Å². The van der Waals surface area contributed by atoms with E-state index >= 15 is 0 Å². The standard InChI is InChI=1S/C29H29NO6/c1-19-7-9-20(10-8-19)18-36-23-13-11-21(12-14-23)26-25(28(32)29(33)30(26)15-16-34-2)27(31)22-5-4-6-24(17-22)35-3/h4-14,17,26,31H,15-16,18H2,1-3H3/b27-25-. The Labute approximate surface area is 210 Å². The quantitative estimate of drug-likeness (QED) is 0.269. The maximum absolute atomic E-state index is 13.1. The lowest BCUT2D eigenvalue weighted by atomic mass is 9.95. The summed E-state index contributed by atoms with van der Waals surface area (Å²) in [6.07, 6.45) is 0. The fourth-order valence-electron chi connectivity index (χ4n) is 4.17. The molecule has 0 aromatic heterocycles. The van der Waals surface area contributed by atoms with Gasteiger partial charge in [-0.2, -0.15) is 0 Å². The van der Waals surface area contributed by atoms with Crippen molar-refractivity contribution in [1.29, 1.82) is 0 Å². The molecule has 0 aliphatic carbocycles. The number of ether oxygens (including phenoxy) is 3. The Balaban J connectivity index is 1.66. The van der Waals surface area contributed by atoms with Gasteiger partial charge in [-0.25, -0.2) is 0 Å². The Morgan fingerprint density at radius 2 is 1.67 bits per heavy atom. The minimum Gasteiger partial charge on any atom is -0.507 e. The lowest BCUT2D eigenvalue weighted by Gasteiger charge is -2.25. The fourth-order valence-corrected chi connectivity index (χ4v) is 4.17. The van der Waals surface area contributed by atoms with Crippen molar-refractivity contribution in [2.45, 2.75) is 19.6 Å². The number of likely N-dealkylation sites (tertiary alicyclic amines) is 1. The summed E-state index contributed by atoms with van der Waals surface area (Å²) < 4.78 is 16.3. The first-order valence-electron chi connectivity index (χ1n) is 11.6. The van der Waals surface area contributed by atoms with Crippen LogP contribution in [0.25, 0.3) is 5.76 Å². The molecule has 7 heteroatoms. The molecule has 1 fully saturated rings. The molecule has 4 rings (SSSR count). The van der Waals surface area contributed by atoms with Gasteiger partial charge in [0.05, 0.1) is 25.3 Å². The smallest absolute Gasteiger partial charge is 0.295 e. The summed E-state index contributed by atoms with van der Waals surface area (Å²) in [5.74, 6) is -0.491. The largest absolute Gasteiger partial charge is 0.507 e. The third-order valence-electron chi connectivity index (χ3n) is 6.14. The molecule has 0 spiro atoms. The first-order chi connectivity index (χ1) is 17.4. The van der Waals surface area contributed by atoms with Gasteiger partial charge < -0.3 is 24.2 Å². The maximum atomic E-state index is 13.1.